The molecular formula is C20H39NO4. The second-order valence-corrected chi connectivity index (χ2v) is 6.79. The number of rotatable bonds is 15. The van der Waals surface area contributed by atoms with Crippen LogP contribution in [0.2, 0.25) is 0 Å². The molecule has 0 spiro atoms. The second kappa shape index (κ2) is 16.2. The molecular weight excluding hydrogens is 318 g/mol. The Balaban J connectivity index is 4.00. The van der Waals surface area contributed by atoms with E-state index in [0.717, 1.165) is 25.7 Å². The first-order valence-electron chi connectivity index (χ1n) is 10.2. The number of esters is 1. The molecule has 1 unspecified atom stereocenters. The summed E-state index contributed by atoms with van der Waals surface area (Å²) in [6.45, 7) is 8.85. The van der Waals surface area contributed by atoms with Gasteiger partial charge in [0, 0.05) is 0 Å². The minimum absolute atomic E-state index is 0.0141. The molecule has 0 bridgehead atoms. The molecule has 1 amide bonds. The maximum atomic E-state index is 12.3. The van der Waals surface area contributed by atoms with Gasteiger partial charge in [0.15, 0.2) is 0 Å². The van der Waals surface area contributed by atoms with Gasteiger partial charge in [0.1, 0.15) is 6.04 Å². The number of carbonyl (C=O) groups excluding carboxylic acids is 2. The van der Waals surface area contributed by atoms with Crippen molar-refractivity contribution in [3.05, 3.63) is 0 Å². The summed E-state index contributed by atoms with van der Waals surface area (Å²) in [6.07, 6.45) is 10.6. The number of carbonyl (C=O) groups is 2. The largest absolute Gasteiger partial charge is 0.464 e. The summed E-state index contributed by atoms with van der Waals surface area (Å²) < 4.78 is 10.4. The van der Waals surface area contributed by atoms with Crippen LogP contribution in [0.4, 0.5) is 4.79 Å². The average molecular weight is 358 g/mol. The highest BCUT2D eigenvalue weighted by Gasteiger charge is 2.27. The van der Waals surface area contributed by atoms with Crippen molar-refractivity contribution in [2.24, 2.45) is 5.92 Å². The van der Waals surface area contributed by atoms with Crippen molar-refractivity contribution < 1.29 is 19.1 Å². The molecule has 148 valence electrons. The molecule has 0 rings (SSSR count). The van der Waals surface area contributed by atoms with Crippen molar-refractivity contribution in [1.82, 2.24) is 5.32 Å². The maximum absolute atomic E-state index is 12.3. The Kier molecular flexibility index (Phi) is 15.4. The SMILES string of the molecule is CCCCCCCCCCOC(=O)[C@@H](NC(=O)OCCC)C(C)CC. The lowest BCUT2D eigenvalue weighted by atomic mass is 9.99. The van der Waals surface area contributed by atoms with Gasteiger partial charge in [-0.05, 0) is 18.8 Å². The van der Waals surface area contributed by atoms with Gasteiger partial charge in [-0.15, -0.1) is 0 Å². The molecule has 0 heterocycles. The third-order valence-electron chi connectivity index (χ3n) is 4.42. The summed E-state index contributed by atoms with van der Waals surface area (Å²) in [6, 6.07) is -0.636. The predicted molar refractivity (Wildman–Crippen MR) is 102 cm³/mol. The maximum Gasteiger partial charge on any atom is 0.407 e. The fourth-order valence-corrected chi connectivity index (χ4v) is 2.53. The van der Waals surface area contributed by atoms with Crippen molar-refractivity contribution in [3.8, 4) is 0 Å². The first-order chi connectivity index (χ1) is 12.1. The van der Waals surface area contributed by atoms with Crippen LogP contribution in [0.5, 0.6) is 0 Å². The summed E-state index contributed by atoms with van der Waals surface area (Å²) >= 11 is 0. The van der Waals surface area contributed by atoms with Crippen LogP contribution < -0.4 is 5.32 Å². The van der Waals surface area contributed by atoms with Crippen molar-refractivity contribution in [2.45, 2.75) is 97.9 Å². The van der Waals surface area contributed by atoms with Crippen LogP contribution >= 0.6 is 0 Å². The van der Waals surface area contributed by atoms with Crippen molar-refractivity contribution in [1.29, 1.82) is 0 Å². The quantitative estimate of drug-likeness (QED) is 0.322. The highest BCUT2D eigenvalue weighted by molar-refractivity contribution is 5.81. The molecule has 0 radical (unpaired) electrons. The number of nitrogens with one attached hydrogen (secondary N) is 1. The average Bonchev–Trinajstić information content (AvgIpc) is 2.62. The van der Waals surface area contributed by atoms with Crippen molar-refractivity contribution >= 4 is 12.1 Å². The molecule has 0 saturated heterocycles. The Morgan fingerprint density at radius 3 is 1.96 bits per heavy atom. The molecule has 0 saturated carbocycles. The standard InChI is InChI=1S/C20H39NO4/c1-5-8-9-10-11-12-13-14-16-24-19(22)18(17(4)7-3)21-20(23)25-15-6-2/h17-18H,5-16H2,1-4H3,(H,21,23)/t17?,18-/m0/s1. The van der Waals surface area contributed by atoms with Gasteiger partial charge in [-0.2, -0.15) is 0 Å². The molecule has 0 aromatic carbocycles. The van der Waals surface area contributed by atoms with E-state index in [1.807, 2.05) is 20.8 Å². The topological polar surface area (TPSA) is 64.6 Å². The van der Waals surface area contributed by atoms with Crippen LogP contribution in [0.25, 0.3) is 0 Å². The number of unbranched alkanes of at least 4 members (excludes halogenated alkanes) is 7. The van der Waals surface area contributed by atoms with Crippen LogP contribution in [0, 0.1) is 5.92 Å². The molecule has 0 aliphatic heterocycles. The van der Waals surface area contributed by atoms with Gasteiger partial charge in [-0.1, -0.05) is 79.1 Å². The van der Waals surface area contributed by atoms with Crippen LogP contribution in [-0.2, 0) is 14.3 Å². The molecule has 1 N–H and O–H groups in total. The Morgan fingerprint density at radius 2 is 1.40 bits per heavy atom. The van der Waals surface area contributed by atoms with Crippen LogP contribution in [0.3, 0.4) is 0 Å². The minimum atomic E-state index is -0.636. The van der Waals surface area contributed by atoms with Gasteiger partial charge in [0.05, 0.1) is 13.2 Å². The van der Waals surface area contributed by atoms with E-state index >= 15 is 0 Å². The molecule has 25 heavy (non-hydrogen) atoms. The summed E-state index contributed by atoms with van der Waals surface area (Å²) in [5.41, 5.74) is 0. The van der Waals surface area contributed by atoms with Gasteiger partial charge in [-0.25, -0.2) is 9.59 Å². The first kappa shape index (κ1) is 23.7. The van der Waals surface area contributed by atoms with Crippen molar-refractivity contribution in [3.63, 3.8) is 0 Å². The Morgan fingerprint density at radius 1 is 0.800 bits per heavy atom. The zero-order valence-corrected chi connectivity index (χ0v) is 16.8. The van der Waals surface area contributed by atoms with Gasteiger partial charge >= 0.3 is 12.1 Å². The fourth-order valence-electron chi connectivity index (χ4n) is 2.53. The van der Waals surface area contributed by atoms with Gasteiger partial charge in [0.2, 0.25) is 0 Å². The van der Waals surface area contributed by atoms with E-state index in [2.05, 4.69) is 12.2 Å². The lowest BCUT2D eigenvalue weighted by molar-refractivity contribution is -0.147. The lowest BCUT2D eigenvalue weighted by Crippen LogP contribution is -2.46. The highest BCUT2D eigenvalue weighted by Crippen LogP contribution is 2.11. The molecule has 5 heteroatoms. The van der Waals surface area contributed by atoms with Gasteiger partial charge in [0.25, 0.3) is 0 Å². The third-order valence-corrected chi connectivity index (χ3v) is 4.42. The number of alkyl carbamates (subject to hydrolysis) is 1. The molecule has 2 atom stereocenters. The van der Waals surface area contributed by atoms with Gasteiger partial charge in [-0.3, -0.25) is 0 Å². The monoisotopic (exact) mass is 357 g/mol. The van der Waals surface area contributed by atoms with Gasteiger partial charge < -0.3 is 14.8 Å². The summed E-state index contributed by atoms with van der Waals surface area (Å²) in [7, 11) is 0. The number of amides is 1. The Labute approximate surface area is 154 Å². The van der Waals surface area contributed by atoms with E-state index in [1.54, 1.807) is 0 Å². The first-order valence-corrected chi connectivity index (χ1v) is 10.2. The Hall–Kier alpha value is -1.26. The fraction of sp³-hybridized carbons (Fsp3) is 0.900. The van der Waals surface area contributed by atoms with Crippen LogP contribution in [0.15, 0.2) is 0 Å². The number of ether oxygens (including phenoxy) is 2. The summed E-state index contributed by atoms with van der Waals surface area (Å²) in [5.74, 6) is -0.342. The van der Waals surface area contributed by atoms with Crippen molar-refractivity contribution in [2.75, 3.05) is 13.2 Å². The van der Waals surface area contributed by atoms with E-state index in [-0.39, 0.29) is 11.9 Å². The molecule has 0 aromatic heterocycles. The zero-order chi connectivity index (χ0) is 18.9. The lowest BCUT2D eigenvalue weighted by Gasteiger charge is -2.22. The second-order valence-electron chi connectivity index (χ2n) is 6.79. The van der Waals surface area contributed by atoms with E-state index < -0.39 is 12.1 Å². The molecule has 0 aliphatic carbocycles. The third kappa shape index (κ3) is 12.7. The highest BCUT2D eigenvalue weighted by atomic mass is 16.6. The number of hydrogen-bond acceptors (Lipinski definition) is 4. The molecule has 5 nitrogen and oxygen atoms in total. The smallest absolute Gasteiger partial charge is 0.407 e. The number of hydrogen-bond donors (Lipinski definition) is 1. The molecule has 0 aromatic rings. The minimum Gasteiger partial charge on any atom is -0.464 e. The van der Waals surface area contributed by atoms with E-state index in [9.17, 15) is 9.59 Å². The predicted octanol–water partition coefficient (Wildman–Crippen LogP) is 5.22. The van der Waals surface area contributed by atoms with E-state index in [0.29, 0.717) is 13.2 Å². The normalized spacial score (nSPS) is 13.1. The van der Waals surface area contributed by atoms with Crippen LogP contribution in [0.1, 0.15) is 91.9 Å². The van der Waals surface area contributed by atoms with E-state index in [1.165, 1.54) is 38.5 Å². The Bertz CT molecular complexity index is 347. The van der Waals surface area contributed by atoms with Crippen LogP contribution in [-0.4, -0.2) is 31.3 Å². The zero-order valence-electron chi connectivity index (χ0n) is 16.8. The summed E-state index contributed by atoms with van der Waals surface area (Å²) in [4.78, 5) is 24.0. The van der Waals surface area contributed by atoms with E-state index in [4.69, 9.17) is 9.47 Å². The molecule has 0 aliphatic rings. The summed E-state index contributed by atoms with van der Waals surface area (Å²) in [5, 5.41) is 2.65. The molecule has 0 fully saturated rings.